The average Bonchev–Trinajstić information content (AvgIpc) is 2.89. The standard InChI is InChI=1S/C14H24N4/c1-2-6-12(7-3-1)14-16-13(17-18-14)9-11-5-4-8-15-10-11/h11-12,15H,1-10H2,(H,16,17,18). The molecule has 1 aromatic heterocycles. The van der Waals surface area contributed by atoms with Gasteiger partial charge in [0.1, 0.15) is 5.82 Å². The molecule has 1 aliphatic heterocycles. The first-order valence-electron chi connectivity index (χ1n) is 7.54. The van der Waals surface area contributed by atoms with Crippen molar-refractivity contribution in [2.45, 2.75) is 57.3 Å². The zero-order chi connectivity index (χ0) is 12.2. The van der Waals surface area contributed by atoms with Crippen LogP contribution >= 0.6 is 0 Å². The van der Waals surface area contributed by atoms with Crippen molar-refractivity contribution < 1.29 is 0 Å². The molecule has 2 aliphatic rings. The third-order valence-corrected chi connectivity index (χ3v) is 4.40. The fourth-order valence-corrected chi connectivity index (χ4v) is 3.32. The van der Waals surface area contributed by atoms with Crippen LogP contribution in [0.4, 0.5) is 0 Å². The fraction of sp³-hybridized carbons (Fsp3) is 0.857. The summed E-state index contributed by atoms with van der Waals surface area (Å²) in [5.41, 5.74) is 0. The number of nitrogens with one attached hydrogen (secondary N) is 2. The van der Waals surface area contributed by atoms with Gasteiger partial charge in [0.25, 0.3) is 0 Å². The maximum atomic E-state index is 4.73. The molecule has 1 saturated heterocycles. The number of aromatic nitrogens is 3. The molecule has 1 atom stereocenters. The summed E-state index contributed by atoms with van der Waals surface area (Å²) in [7, 11) is 0. The highest BCUT2D eigenvalue weighted by Crippen LogP contribution is 2.30. The molecule has 1 saturated carbocycles. The molecular formula is C14H24N4. The largest absolute Gasteiger partial charge is 0.316 e. The molecule has 0 bridgehead atoms. The SMILES string of the molecule is C1CCC(c2n[nH]c(CC3CCCNC3)n2)CC1. The monoisotopic (exact) mass is 248 g/mol. The van der Waals surface area contributed by atoms with E-state index in [4.69, 9.17) is 4.98 Å². The summed E-state index contributed by atoms with van der Waals surface area (Å²) in [6.45, 7) is 2.32. The Bertz CT molecular complexity index is 362. The highest BCUT2D eigenvalue weighted by atomic mass is 15.2. The lowest BCUT2D eigenvalue weighted by atomic mass is 9.89. The smallest absolute Gasteiger partial charge is 0.153 e. The van der Waals surface area contributed by atoms with E-state index in [1.807, 2.05) is 0 Å². The number of H-pyrrole nitrogens is 1. The van der Waals surface area contributed by atoms with Gasteiger partial charge in [0.05, 0.1) is 0 Å². The van der Waals surface area contributed by atoms with Gasteiger partial charge in [-0.2, -0.15) is 5.10 Å². The van der Waals surface area contributed by atoms with Crippen molar-refractivity contribution in [2.75, 3.05) is 13.1 Å². The molecule has 0 radical (unpaired) electrons. The molecule has 2 N–H and O–H groups in total. The lowest BCUT2D eigenvalue weighted by molar-refractivity contribution is 0.370. The van der Waals surface area contributed by atoms with Crippen LogP contribution in [-0.4, -0.2) is 28.3 Å². The van der Waals surface area contributed by atoms with E-state index < -0.39 is 0 Å². The van der Waals surface area contributed by atoms with Gasteiger partial charge in [-0.3, -0.25) is 5.10 Å². The van der Waals surface area contributed by atoms with Crippen LogP contribution in [0.15, 0.2) is 0 Å². The highest BCUT2D eigenvalue weighted by Gasteiger charge is 2.21. The predicted octanol–water partition coefficient (Wildman–Crippen LogP) is 2.39. The topological polar surface area (TPSA) is 53.6 Å². The molecule has 0 aromatic carbocycles. The number of hydrogen-bond donors (Lipinski definition) is 2. The minimum Gasteiger partial charge on any atom is -0.316 e. The first-order valence-corrected chi connectivity index (χ1v) is 7.54. The van der Waals surface area contributed by atoms with Gasteiger partial charge >= 0.3 is 0 Å². The van der Waals surface area contributed by atoms with Crippen LogP contribution in [0.5, 0.6) is 0 Å². The van der Waals surface area contributed by atoms with Crippen LogP contribution in [0, 0.1) is 5.92 Å². The van der Waals surface area contributed by atoms with Crippen LogP contribution in [0.3, 0.4) is 0 Å². The van der Waals surface area contributed by atoms with Crippen molar-refractivity contribution in [3.05, 3.63) is 11.6 Å². The highest BCUT2D eigenvalue weighted by molar-refractivity contribution is 5.00. The van der Waals surface area contributed by atoms with Crippen molar-refractivity contribution in [2.24, 2.45) is 5.92 Å². The van der Waals surface area contributed by atoms with E-state index >= 15 is 0 Å². The van der Waals surface area contributed by atoms with Crippen LogP contribution in [0.2, 0.25) is 0 Å². The van der Waals surface area contributed by atoms with Crippen molar-refractivity contribution in [1.29, 1.82) is 0 Å². The summed E-state index contributed by atoms with van der Waals surface area (Å²) in [4.78, 5) is 4.73. The quantitative estimate of drug-likeness (QED) is 0.863. The Hall–Kier alpha value is -0.900. The second-order valence-electron chi connectivity index (χ2n) is 5.89. The molecule has 1 aromatic rings. The molecule has 100 valence electrons. The van der Waals surface area contributed by atoms with Crippen molar-refractivity contribution >= 4 is 0 Å². The first-order chi connectivity index (χ1) is 8.92. The van der Waals surface area contributed by atoms with Crippen molar-refractivity contribution in [3.8, 4) is 0 Å². The molecule has 2 fully saturated rings. The number of hydrogen-bond acceptors (Lipinski definition) is 3. The lowest BCUT2D eigenvalue weighted by Gasteiger charge is -2.21. The summed E-state index contributed by atoms with van der Waals surface area (Å²) < 4.78 is 0. The second-order valence-corrected chi connectivity index (χ2v) is 5.89. The zero-order valence-corrected chi connectivity index (χ0v) is 11.1. The number of aromatic amines is 1. The van der Waals surface area contributed by atoms with Gasteiger partial charge in [0.15, 0.2) is 5.82 Å². The average molecular weight is 248 g/mol. The molecule has 18 heavy (non-hydrogen) atoms. The summed E-state index contributed by atoms with van der Waals surface area (Å²) in [5, 5.41) is 11.1. The van der Waals surface area contributed by atoms with E-state index in [2.05, 4.69) is 15.5 Å². The minimum atomic E-state index is 0.619. The number of rotatable bonds is 3. The fourth-order valence-electron chi connectivity index (χ4n) is 3.32. The zero-order valence-electron chi connectivity index (χ0n) is 11.1. The van der Waals surface area contributed by atoms with Crippen LogP contribution in [-0.2, 0) is 6.42 Å². The van der Waals surface area contributed by atoms with Gasteiger partial charge in [-0.1, -0.05) is 19.3 Å². The van der Waals surface area contributed by atoms with Gasteiger partial charge in [-0.15, -0.1) is 0 Å². The summed E-state index contributed by atoms with van der Waals surface area (Å²) in [6.07, 6.45) is 10.3. The van der Waals surface area contributed by atoms with E-state index in [0.29, 0.717) is 5.92 Å². The molecule has 0 amide bonds. The van der Waals surface area contributed by atoms with Crippen LogP contribution in [0.25, 0.3) is 0 Å². The Morgan fingerprint density at radius 2 is 1.94 bits per heavy atom. The molecule has 0 spiro atoms. The minimum absolute atomic E-state index is 0.619. The third kappa shape index (κ3) is 2.91. The second kappa shape index (κ2) is 5.83. The summed E-state index contributed by atoms with van der Waals surface area (Å²) >= 11 is 0. The van der Waals surface area contributed by atoms with E-state index in [9.17, 15) is 0 Å². The molecular weight excluding hydrogens is 224 g/mol. The number of nitrogens with zero attached hydrogens (tertiary/aromatic N) is 2. The van der Waals surface area contributed by atoms with Crippen molar-refractivity contribution in [3.63, 3.8) is 0 Å². The Morgan fingerprint density at radius 3 is 2.72 bits per heavy atom. The number of piperidine rings is 1. The summed E-state index contributed by atoms with van der Waals surface area (Å²) in [5.74, 6) is 3.54. The predicted molar refractivity (Wildman–Crippen MR) is 71.5 cm³/mol. The van der Waals surface area contributed by atoms with Crippen LogP contribution < -0.4 is 5.32 Å². The van der Waals surface area contributed by atoms with Gasteiger partial charge < -0.3 is 5.32 Å². The van der Waals surface area contributed by atoms with Gasteiger partial charge in [-0.05, 0) is 44.7 Å². The summed E-state index contributed by atoms with van der Waals surface area (Å²) in [6, 6.07) is 0. The molecule has 1 unspecified atom stereocenters. The van der Waals surface area contributed by atoms with E-state index in [0.717, 1.165) is 30.5 Å². The lowest BCUT2D eigenvalue weighted by Crippen LogP contribution is -2.31. The van der Waals surface area contributed by atoms with Gasteiger partial charge in [0.2, 0.25) is 0 Å². The first kappa shape index (κ1) is 12.2. The van der Waals surface area contributed by atoms with Crippen LogP contribution in [0.1, 0.15) is 62.5 Å². The third-order valence-electron chi connectivity index (χ3n) is 4.40. The maximum absolute atomic E-state index is 4.73. The Labute approximate surface area is 109 Å². The van der Waals surface area contributed by atoms with E-state index in [1.54, 1.807) is 0 Å². The molecule has 2 heterocycles. The molecule has 3 rings (SSSR count). The Morgan fingerprint density at radius 1 is 1.06 bits per heavy atom. The Balaban J connectivity index is 1.58. The molecule has 1 aliphatic carbocycles. The Kier molecular flexibility index (Phi) is 3.93. The maximum Gasteiger partial charge on any atom is 0.153 e. The van der Waals surface area contributed by atoms with Gasteiger partial charge in [-0.25, -0.2) is 4.98 Å². The molecule has 4 heteroatoms. The molecule has 4 nitrogen and oxygen atoms in total. The van der Waals surface area contributed by atoms with E-state index in [-0.39, 0.29) is 0 Å². The van der Waals surface area contributed by atoms with Crippen molar-refractivity contribution in [1.82, 2.24) is 20.5 Å². The normalized spacial score (nSPS) is 26.3. The van der Waals surface area contributed by atoms with Gasteiger partial charge in [0, 0.05) is 12.3 Å². The van der Waals surface area contributed by atoms with E-state index in [1.165, 1.54) is 51.5 Å².